The Balaban J connectivity index is 2.01. The van der Waals surface area contributed by atoms with Gasteiger partial charge in [-0.15, -0.1) is 0 Å². The van der Waals surface area contributed by atoms with Crippen LogP contribution in [0.3, 0.4) is 0 Å². The lowest BCUT2D eigenvalue weighted by molar-refractivity contribution is -0.131. The Morgan fingerprint density at radius 1 is 1.25 bits per heavy atom. The molecule has 66 valence electrons. The second-order valence-electron chi connectivity index (χ2n) is 3.56. The van der Waals surface area contributed by atoms with Crippen LogP contribution in [0.5, 0.6) is 0 Å². The molecule has 2 aliphatic heterocycles. The van der Waals surface area contributed by atoms with Crippen LogP contribution in [-0.2, 0) is 4.79 Å². The van der Waals surface area contributed by atoms with Gasteiger partial charge in [0.05, 0.1) is 0 Å². The maximum absolute atomic E-state index is 10.3. The highest BCUT2D eigenvalue weighted by Crippen LogP contribution is 2.37. The van der Waals surface area contributed by atoms with E-state index in [0.29, 0.717) is 12.1 Å². The Kier molecular flexibility index (Phi) is 1.79. The molecule has 12 heavy (non-hydrogen) atoms. The fourth-order valence-electron chi connectivity index (χ4n) is 2.35. The van der Waals surface area contributed by atoms with Gasteiger partial charge in [-0.05, 0) is 25.7 Å². The highest BCUT2D eigenvalue weighted by Gasteiger charge is 2.36. The summed E-state index contributed by atoms with van der Waals surface area (Å²) in [5.74, 6) is -0.846. The van der Waals surface area contributed by atoms with Crippen molar-refractivity contribution in [1.82, 2.24) is 4.90 Å². The zero-order chi connectivity index (χ0) is 8.55. The van der Waals surface area contributed by atoms with E-state index < -0.39 is 5.97 Å². The van der Waals surface area contributed by atoms with Crippen molar-refractivity contribution in [2.75, 3.05) is 0 Å². The molecule has 2 saturated heterocycles. The summed E-state index contributed by atoms with van der Waals surface area (Å²) >= 11 is 0. The molecular weight excluding hydrogens is 154 g/mol. The van der Waals surface area contributed by atoms with Crippen LogP contribution in [0.15, 0.2) is 12.3 Å². The Morgan fingerprint density at radius 2 is 1.75 bits per heavy atom. The number of hydrogen-bond acceptors (Lipinski definition) is 2. The number of aliphatic carboxylic acids is 1. The molecule has 3 nitrogen and oxygen atoms in total. The van der Waals surface area contributed by atoms with E-state index in [-0.39, 0.29) is 0 Å². The summed E-state index contributed by atoms with van der Waals surface area (Å²) in [5, 5.41) is 8.45. The molecule has 2 aliphatic rings. The molecule has 2 bridgehead atoms. The number of hydrogen-bond donors (Lipinski definition) is 1. The molecule has 0 aromatic heterocycles. The average molecular weight is 167 g/mol. The molecule has 0 aliphatic carbocycles. The van der Waals surface area contributed by atoms with E-state index >= 15 is 0 Å². The van der Waals surface area contributed by atoms with Crippen molar-refractivity contribution in [1.29, 1.82) is 0 Å². The molecule has 0 unspecified atom stereocenters. The lowest BCUT2D eigenvalue weighted by atomic mass is 10.0. The summed E-state index contributed by atoms with van der Waals surface area (Å²) in [6.07, 6.45) is 7.97. The fourth-order valence-corrected chi connectivity index (χ4v) is 2.35. The number of rotatable bonds is 2. The van der Waals surface area contributed by atoms with Crippen molar-refractivity contribution in [2.24, 2.45) is 0 Å². The Labute approximate surface area is 71.7 Å². The summed E-state index contributed by atoms with van der Waals surface area (Å²) in [4.78, 5) is 12.5. The van der Waals surface area contributed by atoms with Crippen molar-refractivity contribution in [3.05, 3.63) is 12.3 Å². The number of carboxylic acid groups (broad SMARTS) is 1. The first-order valence-corrected chi connectivity index (χ1v) is 4.46. The van der Waals surface area contributed by atoms with E-state index in [1.807, 2.05) is 0 Å². The van der Waals surface area contributed by atoms with Gasteiger partial charge < -0.3 is 10.0 Å². The number of carbonyl (C=O) groups is 1. The monoisotopic (exact) mass is 167 g/mol. The van der Waals surface area contributed by atoms with E-state index in [9.17, 15) is 4.79 Å². The molecule has 3 heteroatoms. The Morgan fingerprint density at radius 3 is 2.17 bits per heavy atom. The van der Waals surface area contributed by atoms with Gasteiger partial charge in [-0.25, -0.2) is 4.79 Å². The highest BCUT2D eigenvalue weighted by molar-refractivity contribution is 5.79. The molecular formula is C9H13NO2. The van der Waals surface area contributed by atoms with Crippen molar-refractivity contribution in [3.8, 4) is 0 Å². The minimum atomic E-state index is -0.846. The molecule has 1 N–H and O–H groups in total. The van der Waals surface area contributed by atoms with Gasteiger partial charge in [-0.2, -0.15) is 0 Å². The Bertz CT molecular complexity index is 205. The molecule has 0 amide bonds. The topological polar surface area (TPSA) is 40.5 Å². The first-order chi connectivity index (χ1) is 5.77. The smallest absolute Gasteiger partial charge is 0.329 e. The molecule has 2 rings (SSSR count). The van der Waals surface area contributed by atoms with E-state index in [1.165, 1.54) is 31.8 Å². The SMILES string of the molecule is O=C(O)/C=C/N1C2CCC1CC2. The van der Waals surface area contributed by atoms with Crippen LogP contribution >= 0.6 is 0 Å². The normalized spacial score (nSPS) is 33.5. The maximum atomic E-state index is 10.3. The second kappa shape index (κ2) is 2.81. The van der Waals surface area contributed by atoms with Crippen LogP contribution in [0, 0.1) is 0 Å². The molecule has 0 aromatic rings. The lowest BCUT2D eigenvalue weighted by Gasteiger charge is -2.18. The largest absolute Gasteiger partial charge is 0.478 e. The predicted octanol–water partition coefficient (Wildman–Crippen LogP) is 1.21. The van der Waals surface area contributed by atoms with E-state index in [1.54, 1.807) is 6.20 Å². The van der Waals surface area contributed by atoms with Gasteiger partial charge in [0, 0.05) is 24.4 Å². The van der Waals surface area contributed by atoms with Gasteiger partial charge in [0.2, 0.25) is 0 Å². The van der Waals surface area contributed by atoms with Gasteiger partial charge >= 0.3 is 5.97 Å². The first-order valence-electron chi connectivity index (χ1n) is 4.46. The van der Waals surface area contributed by atoms with E-state index in [4.69, 9.17) is 5.11 Å². The molecule has 0 spiro atoms. The number of fused-ring (bicyclic) bond motifs is 2. The zero-order valence-electron chi connectivity index (χ0n) is 6.94. The summed E-state index contributed by atoms with van der Waals surface area (Å²) in [6, 6.07) is 1.26. The van der Waals surface area contributed by atoms with Crippen LogP contribution in [0.4, 0.5) is 0 Å². The summed E-state index contributed by atoms with van der Waals surface area (Å²) in [5.41, 5.74) is 0. The van der Waals surface area contributed by atoms with Gasteiger partial charge in [-0.3, -0.25) is 0 Å². The summed E-state index contributed by atoms with van der Waals surface area (Å²) in [6.45, 7) is 0. The van der Waals surface area contributed by atoms with Crippen LogP contribution in [-0.4, -0.2) is 28.1 Å². The fraction of sp³-hybridized carbons (Fsp3) is 0.667. The number of nitrogens with zero attached hydrogens (tertiary/aromatic N) is 1. The van der Waals surface area contributed by atoms with Crippen molar-refractivity contribution < 1.29 is 9.90 Å². The van der Waals surface area contributed by atoms with Gasteiger partial charge in [-0.1, -0.05) is 0 Å². The lowest BCUT2D eigenvalue weighted by Crippen LogP contribution is -2.22. The third-order valence-electron chi connectivity index (χ3n) is 2.90. The van der Waals surface area contributed by atoms with E-state index in [0.717, 1.165) is 0 Å². The molecule has 2 heterocycles. The molecule has 0 aromatic carbocycles. The standard InChI is InChI=1S/C9H13NO2/c11-9(12)5-6-10-7-1-2-8(10)4-3-7/h5-8H,1-4H2,(H,11,12)/b6-5+. The van der Waals surface area contributed by atoms with E-state index in [2.05, 4.69) is 4.90 Å². The van der Waals surface area contributed by atoms with Crippen molar-refractivity contribution >= 4 is 5.97 Å². The van der Waals surface area contributed by atoms with Crippen LogP contribution < -0.4 is 0 Å². The zero-order valence-corrected chi connectivity index (χ0v) is 6.94. The summed E-state index contributed by atoms with van der Waals surface area (Å²) in [7, 11) is 0. The van der Waals surface area contributed by atoms with Crippen LogP contribution in [0.25, 0.3) is 0 Å². The second-order valence-corrected chi connectivity index (χ2v) is 3.56. The van der Waals surface area contributed by atoms with Crippen molar-refractivity contribution in [2.45, 2.75) is 37.8 Å². The average Bonchev–Trinajstić information content (AvgIpc) is 2.59. The van der Waals surface area contributed by atoms with Crippen molar-refractivity contribution in [3.63, 3.8) is 0 Å². The van der Waals surface area contributed by atoms with Gasteiger partial charge in [0.15, 0.2) is 0 Å². The molecule has 0 atom stereocenters. The van der Waals surface area contributed by atoms with Gasteiger partial charge in [0.1, 0.15) is 0 Å². The quantitative estimate of drug-likeness (QED) is 0.628. The molecule has 2 fully saturated rings. The predicted molar refractivity (Wildman–Crippen MR) is 44.7 cm³/mol. The molecule has 0 radical (unpaired) electrons. The Hall–Kier alpha value is -0.990. The minimum Gasteiger partial charge on any atom is -0.478 e. The van der Waals surface area contributed by atoms with Crippen LogP contribution in [0.2, 0.25) is 0 Å². The molecule has 0 saturated carbocycles. The third-order valence-corrected chi connectivity index (χ3v) is 2.90. The van der Waals surface area contributed by atoms with Gasteiger partial charge in [0.25, 0.3) is 0 Å². The third kappa shape index (κ3) is 1.19. The first kappa shape index (κ1) is 7.65. The van der Waals surface area contributed by atoms with Crippen LogP contribution in [0.1, 0.15) is 25.7 Å². The highest BCUT2D eigenvalue weighted by atomic mass is 16.4. The summed E-state index contributed by atoms with van der Waals surface area (Å²) < 4.78 is 0. The minimum absolute atomic E-state index is 0.630. The maximum Gasteiger partial charge on any atom is 0.329 e. The number of carboxylic acids is 1.